The Morgan fingerprint density at radius 2 is 0.593 bits per heavy atom. The molecule has 7 heterocycles. The van der Waals surface area contributed by atoms with E-state index in [4.69, 9.17) is 52.1 Å². The number of aromatic hydroxyl groups is 26. The third-order valence-corrected chi connectivity index (χ3v) is 20.3. The van der Waals surface area contributed by atoms with Gasteiger partial charge in [-0.25, -0.2) is 43.2 Å². The molecule has 7 aliphatic heterocycles. The second-order valence-electron chi connectivity index (χ2n) is 27.2. The fraction of sp³-hybridized carbons (Fsp3) is 0.160. The number of rotatable bonds is 5. The van der Waals surface area contributed by atoms with Gasteiger partial charge in [-0.3, -0.25) is 0 Å². The first-order valence-corrected chi connectivity index (χ1v) is 34.3. The molecule has 0 saturated carbocycles. The predicted octanol–water partition coefficient (Wildman–Crippen LogP) is 2.40. The van der Waals surface area contributed by atoms with Gasteiger partial charge in [-0.05, 0) is 36.4 Å². The molecule has 10 unspecified atom stereocenters. The monoisotopic (exact) mass is 1720 g/mol. The number of aliphatic hydroxyl groups excluding tert-OH is 2. The van der Waals surface area contributed by atoms with Crippen LogP contribution in [0.5, 0.6) is 161 Å². The molecule has 0 aromatic heterocycles. The Hall–Kier alpha value is -17.3. The van der Waals surface area contributed by atoms with Crippen LogP contribution in [0.3, 0.4) is 0 Å². The highest BCUT2D eigenvalue weighted by Gasteiger charge is 2.58. The van der Waals surface area contributed by atoms with E-state index in [9.17, 15) is 167 Å². The quantitative estimate of drug-likeness (QED) is 0.0668. The van der Waals surface area contributed by atoms with Crippen LogP contribution in [0.15, 0.2) is 48.5 Å². The average Bonchev–Trinajstić information content (AvgIpc) is 0.822. The van der Waals surface area contributed by atoms with Crippen LogP contribution < -0.4 is 4.74 Å². The molecule has 0 spiro atoms. The fourth-order valence-electron chi connectivity index (χ4n) is 14.5. The number of esters is 9. The minimum Gasteiger partial charge on any atom is -0.504 e. The van der Waals surface area contributed by atoms with Crippen LogP contribution in [0.2, 0.25) is 0 Å². The average molecular weight is 1720 g/mol. The maximum atomic E-state index is 15.6. The Balaban J connectivity index is 0.893. The molecule has 48 nitrogen and oxygen atoms in total. The third kappa shape index (κ3) is 12.2. The summed E-state index contributed by atoms with van der Waals surface area (Å²) in [4.78, 5) is 135. The van der Waals surface area contributed by atoms with Crippen molar-refractivity contribution in [2.24, 2.45) is 0 Å². The molecule has 28 N–H and O–H groups in total. The highest BCUT2D eigenvalue weighted by molar-refractivity contribution is 6.14. The number of phenols is 26. The Bertz CT molecular complexity index is 6340. The third-order valence-electron chi connectivity index (χ3n) is 20.3. The second kappa shape index (κ2) is 28.5. The molecule has 0 aliphatic carbocycles. The summed E-state index contributed by atoms with van der Waals surface area (Å²) in [5, 5.41) is 316. The zero-order valence-electron chi connectivity index (χ0n) is 60.0. The van der Waals surface area contributed by atoms with Gasteiger partial charge in [0.05, 0.1) is 44.5 Å². The standard InChI is InChI=1S/C75H50O48/c76-19-1-11-29(47(91)39(19)83)31-13(3-21(78)41(85)49(31)93)68(105)118-60(63-62-56(100)38-37(74(111)120-62)36(54(98)57(101)55(38)99)35-16(70(107)121-63)6-24(81)44(88)52(35)96)27(9-113-66(11)103)116-73(110)18-7-25(82)45(89)58(102)59(18)115-26-8-17-34(53(97)46(26)90)33-15(5-23(80)43(87)51(33)95)71(108)123-65-64(122-72(17)109)61-28(117-75(65)112)10-114-67(104)12-2-20(77)40(84)48(92)30(12)32-14(69(106)119-61)4-22(79)42(86)50(32)94/h1-8,27-28,56,60-65,75-102,112H,9-10H2. The first-order valence-electron chi connectivity index (χ1n) is 34.3. The first kappa shape index (κ1) is 80.9. The summed E-state index contributed by atoms with van der Waals surface area (Å²) in [6.45, 7) is -3.31. The van der Waals surface area contributed by atoms with Crippen molar-refractivity contribution in [3.05, 3.63) is 104 Å². The van der Waals surface area contributed by atoms with Crippen LogP contribution in [0, 0.1) is 0 Å². The van der Waals surface area contributed by atoms with Gasteiger partial charge in [-0.1, -0.05) is 0 Å². The van der Waals surface area contributed by atoms with Crippen molar-refractivity contribution in [2.75, 3.05) is 13.2 Å². The maximum absolute atomic E-state index is 15.6. The topological polar surface area (TPSA) is 822 Å². The molecule has 4 bridgehead atoms. The van der Waals surface area contributed by atoms with Gasteiger partial charge in [0.2, 0.25) is 57.5 Å². The molecule has 10 atom stereocenters. The SMILES string of the molecule is O=C(OC1COC(=O)c2cc(O)c(O)c(O)c2-c2c(cc(O)c(O)c2O)C(=O)OC1C1OC(=O)c2cc(O)c(O)c(O)c2-c2c(O)c(O)c(O)c3c2C(=O)OC1C3O)c1cc(O)c(O)c(O)c1Oc1cc2c(c(O)c1O)-c1c(cc(O)c(O)c1O)C(=O)OC1C(O)OC3COC(=O)c4cc(O)c(O)c(O)c4-c4c(cc(O)c(O)c4O)C(=O)OC3C1OC2=O. The lowest BCUT2D eigenvalue weighted by Crippen LogP contribution is -2.62. The molecule has 9 aromatic carbocycles. The molecule has 48 heteroatoms. The van der Waals surface area contributed by atoms with E-state index < -0.39 is 389 Å². The van der Waals surface area contributed by atoms with E-state index in [1.54, 1.807) is 0 Å². The molecule has 9 aromatic rings. The van der Waals surface area contributed by atoms with Gasteiger partial charge in [0.25, 0.3) is 0 Å². The van der Waals surface area contributed by atoms with Crippen molar-refractivity contribution in [2.45, 2.75) is 61.2 Å². The molecular formula is C75H50O48. The predicted molar refractivity (Wildman–Crippen MR) is 378 cm³/mol. The molecule has 123 heavy (non-hydrogen) atoms. The summed E-state index contributed by atoms with van der Waals surface area (Å²) in [6.07, 6.45) is -28.7. The molecule has 1 fully saturated rings. The summed E-state index contributed by atoms with van der Waals surface area (Å²) >= 11 is 0. The first-order chi connectivity index (χ1) is 57.9. The number of aliphatic hydroxyl groups is 2. The Morgan fingerprint density at radius 1 is 0.285 bits per heavy atom. The van der Waals surface area contributed by atoms with E-state index in [2.05, 4.69) is 0 Å². The summed E-state index contributed by atoms with van der Waals surface area (Å²) in [5.41, 5.74) is -24.3. The number of hydrogen-bond donors (Lipinski definition) is 28. The Kier molecular flexibility index (Phi) is 18.7. The fourth-order valence-corrected chi connectivity index (χ4v) is 14.5. The number of fused-ring (bicyclic) bond motifs is 15. The van der Waals surface area contributed by atoms with Gasteiger partial charge in [0.15, 0.2) is 153 Å². The van der Waals surface area contributed by atoms with Crippen LogP contribution in [-0.4, -0.2) is 265 Å². The van der Waals surface area contributed by atoms with Crippen molar-refractivity contribution < 1.29 is 238 Å². The van der Waals surface area contributed by atoms with Gasteiger partial charge in [-0.2, -0.15) is 0 Å². The molecule has 0 radical (unpaired) electrons. The van der Waals surface area contributed by atoms with E-state index in [0.29, 0.717) is 12.1 Å². The maximum Gasteiger partial charge on any atom is 0.342 e. The summed E-state index contributed by atoms with van der Waals surface area (Å²) in [5.74, 6) is -64.2. The summed E-state index contributed by atoms with van der Waals surface area (Å²) in [7, 11) is 0. The summed E-state index contributed by atoms with van der Waals surface area (Å²) < 4.78 is 62.0. The molecule has 638 valence electrons. The van der Waals surface area contributed by atoms with Crippen molar-refractivity contribution in [3.8, 4) is 205 Å². The van der Waals surface area contributed by atoms with Crippen LogP contribution in [0.4, 0.5) is 0 Å². The number of cyclic esters (lactones) is 3. The smallest absolute Gasteiger partial charge is 0.342 e. The van der Waals surface area contributed by atoms with Crippen LogP contribution >= 0.6 is 0 Å². The zero-order valence-corrected chi connectivity index (χ0v) is 60.0. The van der Waals surface area contributed by atoms with E-state index in [0.717, 1.165) is 0 Å². The number of carbonyl (C=O) groups is 9. The lowest BCUT2D eigenvalue weighted by atomic mass is 9.82. The lowest BCUT2D eigenvalue weighted by molar-refractivity contribution is -0.284. The largest absolute Gasteiger partial charge is 0.504 e. The normalized spacial score (nSPS) is 20.9. The number of phenolic OH excluding ortho intramolecular Hbond substituents is 26. The second-order valence-corrected chi connectivity index (χ2v) is 27.2. The number of benzene rings is 9. The lowest BCUT2D eigenvalue weighted by Gasteiger charge is -2.43. The van der Waals surface area contributed by atoms with Crippen molar-refractivity contribution in [1.29, 1.82) is 0 Å². The van der Waals surface area contributed by atoms with Crippen LogP contribution in [0.1, 0.15) is 105 Å². The molecule has 16 rings (SSSR count). The van der Waals surface area contributed by atoms with E-state index in [-0.39, 0.29) is 36.4 Å². The van der Waals surface area contributed by atoms with Gasteiger partial charge < -0.3 is 195 Å². The van der Waals surface area contributed by atoms with Crippen LogP contribution in [-0.2, 0) is 47.4 Å². The Labute approximate surface area is 673 Å². The van der Waals surface area contributed by atoms with Crippen LogP contribution in [0.25, 0.3) is 44.5 Å². The Morgan fingerprint density at radius 3 is 1.01 bits per heavy atom. The minimum absolute atomic E-state index is 0.0432. The van der Waals surface area contributed by atoms with E-state index in [1.807, 2.05) is 0 Å². The van der Waals surface area contributed by atoms with Gasteiger partial charge >= 0.3 is 53.7 Å². The molecule has 0 amide bonds. The van der Waals surface area contributed by atoms with Crippen molar-refractivity contribution in [1.82, 2.24) is 0 Å². The highest BCUT2D eigenvalue weighted by atomic mass is 16.7. The number of ether oxygens (including phenoxy) is 11. The van der Waals surface area contributed by atoms with E-state index >= 15 is 19.2 Å². The number of carbonyl (C=O) groups excluding carboxylic acids is 9. The van der Waals surface area contributed by atoms with Gasteiger partial charge in [-0.15, -0.1) is 0 Å². The summed E-state index contributed by atoms with van der Waals surface area (Å²) in [6, 6.07) is 1.75. The highest BCUT2D eigenvalue weighted by Crippen LogP contribution is 2.62. The number of hydrogen-bond acceptors (Lipinski definition) is 48. The van der Waals surface area contributed by atoms with Gasteiger partial charge in [0.1, 0.15) is 31.0 Å². The van der Waals surface area contributed by atoms with Crippen molar-refractivity contribution >= 4 is 53.7 Å². The van der Waals surface area contributed by atoms with E-state index in [1.165, 1.54) is 0 Å². The van der Waals surface area contributed by atoms with Gasteiger partial charge in [0, 0.05) is 62.2 Å². The molecule has 7 aliphatic rings. The molecule has 1 saturated heterocycles. The van der Waals surface area contributed by atoms with Crippen molar-refractivity contribution in [3.63, 3.8) is 0 Å². The molecular weight excluding hydrogens is 1670 g/mol. The zero-order chi connectivity index (χ0) is 89.4. The minimum atomic E-state index is -3.27.